The van der Waals surface area contributed by atoms with Crippen molar-refractivity contribution >= 4 is 20.9 Å². The molecule has 0 atom stereocenters. The summed E-state index contributed by atoms with van der Waals surface area (Å²) in [5.41, 5.74) is -0.399. The number of rotatable bonds is 8. The maximum Gasteiger partial charge on any atom is 0.331 e. The number of nitrogens with zero attached hydrogens (tertiary/aromatic N) is 3. The van der Waals surface area contributed by atoms with Crippen LogP contribution in [0.2, 0.25) is 0 Å². The molecule has 1 fully saturated rings. The fourth-order valence-corrected chi connectivity index (χ4v) is 5.12. The summed E-state index contributed by atoms with van der Waals surface area (Å²) in [5.74, 6) is 0.723. The molecule has 0 unspecified atom stereocenters. The fourth-order valence-electron chi connectivity index (χ4n) is 3.63. The van der Waals surface area contributed by atoms with Crippen LogP contribution >= 0.6 is 0 Å². The minimum Gasteiger partial charge on any atom is -0.359 e. The second-order valence-electron chi connectivity index (χ2n) is 9.29. The van der Waals surface area contributed by atoms with Gasteiger partial charge in [0.2, 0.25) is 10.0 Å². The highest BCUT2D eigenvalue weighted by molar-refractivity contribution is 7.89. The quantitative estimate of drug-likeness (QED) is 0.552. The van der Waals surface area contributed by atoms with Gasteiger partial charge in [-0.25, -0.2) is 17.9 Å². The first-order chi connectivity index (χ1) is 15.0. The first kappa shape index (κ1) is 22.5. The molecule has 1 aliphatic carbocycles. The first-order valence-corrected chi connectivity index (χ1v) is 12.2. The zero-order chi connectivity index (χ0) is 23.3. The molecular formula is C22H28N4O5S. The van der Waals surface area contributed by atoms with Gasteiger partial charge in [-0.05, 0) is 57.2 Å². The molecule has 0 aliphatic heterocycles. The summed E-state index contributed by atoms with van der Waals surface area (Å²) in [5, 5.41) is 3.99. The van der Waals surface area contributed by atoms with E-state index in [0.29, 0.717) is 29.4 Å². The van der Waals surface area contributed by atoms with Crippen LogP contribution in [-0.2, 0) is 23.1 Å². The third kappa shape index (κ3) is 4.42. The van der Waals surface area contributed by atoms with Gasteiger partial charge in [-0.1, -0.05) is 19.0 Å². The summed E-state index contributed by atoms with van der Waals surface area (Å²) in [4.78, 5) is 26.5. The fraction of sp³-hybridized carbons (Fsp3) is 0.500. The molecule has 1 N–H and O–H groups in total. The Kier molecular flexibility index (Phi) is 5.62. The SMILES string of the molecule is Cc1cc(Cn2c(=O)c3cc(S(=O)(=O)NC4(C)CC4)ccc3n(CCC(C)C)c2=O)on1. The van der Waals surface area contributed by atoms with Crippen LogP contribution in [0, 0.1) is 12.8 Å². The van der Waals surface area contributed by atoms with Gasteiger partial charge in [0, 0.05) is 18.2 Å². The van der Waals surface area contributed by atoms with Gasteiger partial charge < -0.3 is 4.52 Å². The smallest absolute Gasteiger partial charge is 0.331 e. The summed E-state index contributed by atoms with van der Waals surface area (Å²) in [6.45, 7) is 8.03. The van der Waals surface area contributed by atoms with Gasteiger partial charge in [-0.2, -0.15) is 0 Å². The Morgan fingerprint density at radius 2 is 1.91 bits per heavy atom. The molecule has 1 aromatic carbocycles. The minimum atomic E-state index is -3.79. The maximum atomic E-state index is 13.3. The Balaban J connectivity index is 1.88. The Morgan fingerprint density at radius 3 is 2.50 bits per heavy atom. The number of aryl methyl sites for hydroxylation is 2. The summed E-state index contributed by atoms with van der Waals surface area (Å²) in [6.07, 6.45) is 2.28. The highest BCUT2D eigenvalue weighted by atomic mass is 32.2. The maximum absolute atomic E-state index is 13.3. The van der Waals surface area contributed by atoms with Gasteiger partial charge in [0.1, 0.15) is 0 Å². The molecule has 0 spiro atoms. The third-order valence-corrected chi connectivity index (χ3v) is 7.44. The van der Waals surface area contributed by atoms with Crippen molar-refractivity contribution in [2.75, 3.05) is 0 Å². The van der Waals surface area contributed by atoms with Crippen molar-refractivity contribution in [1.82, 2.24) is 19.0 Å². The van der Waals surface area contributed by atoms with E-state index in [-0.39, 0.29) is 16.8 Å². The molecule has 3 aromatic rings. The highest BCUT2D eigenvalue weighted by Crippen LogP contribution is 2.36. The average Bonchev–Trinajstić information content (AvgIpc) is 3.28. The van der Waals surface area contributed by atoms with Gasteiger partial charge in [0.25, 0.3) is 5.56 Å². The molecule has 0 bridgehead atoms. The van der Waals surface area contributed by atoms with Crippen molar-refractivity contribution in [2.24, 2.45) is 5.92 Å². The molecule has 9 nitrogen and oxygen atoms in total. The zero-order valence-electron chi connectivity index (χ0n) is 18.7. The van der Waals surface area contributed by atoms with Gasteiger partial charge in [-0.3, -0.25) is 13.9 Å². The van der Waals surface area contributed by atoms with E-state index in [1.54, 1.807) is 19.1 Å². The summed E-state index contributed by atoms with van der Waals surface area (Å²) in [6, 6.07) is 6.02. The van der Waals surface area contributed by atoms with E-state index in [1.807, 2.05) is 6.92 Å². The van der Waals surface area contributed by atoms with Gasteiger partial charge in [0.05, 0.1) is 28.0 Å². The molecule has 32 heavy (non-hydrogen) atoms. The van der Waals surface area contributed by atoms with Crippen molar-refractivity contribution in [3.63, 3.8) is 0 Å². The molecule has 0 saturated heterocycles. The third-order valence-electron chi connectivity index (χ3n) is 5.81. The predicted octanol–water partition coefficient (Wildman–Crippen LogP) is 2.38. The topological polar surface area (TPSA) is 116 Å². The van der Waals surface area contributed by atoms with E-state index in [4.69, 9.17) is 4.52 Å². The molecule has 0 amide bonds. The largest absolute Gasteiger partial charge is 0.359 e. The van der Waals surface area contributed by atoms with Crippen molar-refractivity contribution in [3.05, 3.63) is 56.6 Å². The number of nitrogens with one attached hydrogen (secondary N) is 1. The van der Waals surface area contributed by atoms with Crippen LogP contribution in [0.15, 0.2) is 43.3 Å². The Morgan fingerprint density at radius 1 is 1.19 bits per heavy atom. The van der Waals surface area contributed by atoms with E-state index in [2.05, 4.69) is 23.7 Å². The molecule has 10 heteroatoms. The number of sulfonamides is 1. The Bertz CT molecular complexity index is 1390. The van der Waals surface area contributed by atoms with Crippen molar-refractivity contribution in [2.45, 2.75) is 70.5 Å². The van der Waals surface area contributed by atoms with Crippen molar-refractivity contribution in [1.29, 1.82) is 0 Å². The van der Waals surface area contributed by atoms with Gasteiger partial charge >= 0.3 is 5.69 Å². The zero-order valence-corrected chi connectivity index (χ0v) is 19.5. The van der Waals surface area contributed by atoms with Crippen LogP contribution in [0.25, 0.3) is 10.9 Å². The summed E-state index contributed by atoms with van der Waals surface area (Å²) >= 11 is 0. The molecule has 1 saturated carbocycles. The molecule has 0 radical (unpaired) electrons. The lowest BCUT2D eigenvalue weighted by molar-refractivity contribution is 0.367. The molecular weight excluding hydrogens is 432 g/mol. The van der Waals surface area contributed by atoms with Gasteiger partial charge in [0.15, 0.2) is 5.76 Å². The van der Waals surface area contributed by atoms with E-state index in [1.165, 1.54) is 16.7 Å². The molecule has 1 aliphatic rings. The lowest BCUT2D eigenvalue weighted by atomic mass is 10.1. The molecule has 2 heterocycles. The van der Waals surface area contributed by atoms with Crippen LogP contribution in [0.1, 0.15) is 51.5 Å². The minimum absolute atomic E-state index is 0.00587. The lowest BCUT2D eigenvalue weighted by Crippen LogP contribution is -2.40. The van der Waals surface area contributed by atoms with Gasteiger partial charge in [-0.15, -0.1) is 0 Å². The number of fused-ring (bicyclic) bond motifs is 1. The first-order valence-electron chi connectivity index (χ1n) is 10.7. The van der Waals surface area contributed by atoms with Crippen LogP contribution in [-0.4, -0.2) is 28.2 Å². The standard InChI is InChI=1S/C22H28N4O5S/c1-14(2)7-10-25-19-6-5-17(32(29,30)24-22(4)8-9-22)12-18(19)20(27)26(21(25)28)13-16-11-15(3)23-31-16/h5-6,11-12,14,24H,7-10,13H2,1-4H3. The number of hydrogen-bond acceptors (Lipinski definition) is 6. The van der Waals surface area contributed by atoms with E-state index >= 15 is 0 Å². The summed E-state index contributed by atoms with van der Waals surface area (Å²) < 4.78 is 36.3. The van der Waals surface area contributed by atoms with E-state index < -0.39 is 26.8 Å². The number of aromatic nitrogens is 3. The molecule has 172 valence electrons. The summed E-state index contributed by atoms with van der Waals surface area (Å²) in [7, 11) is -3.79. The van der Waals surface area contributed by atoms with Crippen LogP contribution < -0.4 is 16.0 Å². The van der Waals surface area contributed by atoms with E-state index in [0.717, 1.165) is 23.8 Å². The van der Waals surface area contributed by atoms with E-state index in [9.17, 15) is 18.0 Å². The predicted molar refractivity (Wildman–Crippen MR) is 120 cm³/mol. The Hall–Kier alpha value is -2.72. The second-order valence-corrected chi connectivity index (χ2v) is 11.0. The molecule has 2 aromatic heterocycles. The number of hydrogen-bond donors (Lipinski definition) is 1. The normalized spacial score (nSPS) is 15.5. The van der Waals surface area contributed by atoms with Crippen LogP contribution in [0.3, 0.4) is 0 Å². The second kappa shape index (κ2) is 8.00. The van der Waals surface area contributed by atoms with Crippen LogP contribution in [0.5, 0.6) is 0 Å². The Labute approximate surface area is 186 Å². The lowest BCUT2D eigenvalue weighted by Gasteiger charge is -2.16. The highest BCUT2D eigenvalue weighted by Gasteiger charge is 2.41. The average molecular weight is 461 g/mol. The van der Waals surface area contributed by atoms with Crippen molar-refractivity contribution < 1.29 is 12.9 Å². The monoisotopic (exact) mass is 460 g/mol. The number of benzene rings is 1. The van der Waals surface area contributed by atoms with Crippen LogP contribution in [0.4, 0.5) is 0 Å². The molecule has 4 rings (SSSR count). The van der Waals surface area contributed by atoms with Crippen molar-refractivity contribution in [3.8, 4) is 0 Å².